The van der Waals surface area contributed by atoms with E-state index >= 15 is 0 Å². The Morgan fingerprint density at radius 3 is 2.30 bits per heavy atom. The number of halogens is 1. The fourth-order valence-electron chi connectivity index (χ4n) is 0.696. The second-order valence-corrected chi connectivity index (χ2v) is 3.97. The quantitative estimate of drug-likeness (QED) is 0.701. The highest BCUT2D eigenvalue weighted by molar-refractivity contribution is 14.2. The fourth-order valence-corrected chi connectivity index (χ4v) is 1.50. The van der Waals surface area contributed by atoms with Crippen LogP contribution in [0.5, 0.6) is 0 Å². The standard InChI is InChI=1S/C9H9I/c1-8(10-2)9-6-4-3-5-7-9/h3-7H,1-2H2. The zero-order chi connectivity index (χ0) is 7.40. The first-order chi connectivity index (χ1) is 4.84. The molecule has 0 radical (unpaired) electrons. The average Bonchev–Trinajstić information content (AvgIpc) is 2.05. The van der Waals surface area contributed by atoms with E-state index in [0.29, 0.717) is 0 Å². The van der Waals surface area contributed by atoms with Gasteiger partial charge in [0.25, 0.3) is 0 Å². The summed E-state index contributed by atoms with van der Waals surface area (Å²) >= 11 is -0.0784. The molecule has 0 aliphatic heterocycles. The molecular formula is C9H9I. The normalized spacial score (nSPS) is 9.20. The second kappa shape index (κ2) is 3.66. The van der Waals surface area contributed by atoms with E-state index in [-0.39, 0.29) is 20.7 Å². The van der Waals surface area contributed by atoms with Crippen LogP contribution in [-0.2, 0) is 0 Å². The summed E-state index contributed by atoms with van der Waals surface area (Å²) in [4.78, 5) is 0. The highest BCUT2D eigenvalue weighted by Gasteiger charge is 1.89. The molecule has 1 aromatic rings. The highest BCUT2D eigenvalue weighted by atomic mass is 127. The van der Waals surface area contributed by atoms with Gasteiger partial charge in [0.2, 0.25) is 0 Å². The largest absolute Gasteiger partial charge is 0.0937 e. The minimum Gasteiger partial charge on any atom is -0.0937 e. The van der Waals surface area contributed by atoms with Crippen LogP contribution < -0.4 is 0 Å². The molecule has 0 aromatic heterocycles. The summed E-state index contributed by atoms with van der Waals surface area (Å²) < 4.78 is 5.08. The molecule has 0 fully saturated rings. The van der Waals surface area contributed by atoms with E-state index < -0.39 is 0 Å². The molecule has 1 aromatic carbocycles. The van der Waals surface area contributed by atoms with Gasteiger partial charge in [-0.05, 0) is 5.56 Å². The monoisotopic (exact) mass is 244 g/mol. The first kappa shape index (κ1) is 7.66. The van der Waals surface area contributed by atoms with E-state index in [4.69, 9.17) is 0 Å². The predicted molar refractivity (Wildman–Crippen MR) is 56.6 cm³/mol. The Morgan fingerprint density at radius 1 is 1.20 bits per heavy atom. The Balaban J connectivity index is 2.95. The van der Waals surface area contributed by atoms with E-state index in [1.54, 1.807) is 0 Å². The lowest BCUT2D eigenvalue weighted by Crippen LogP contribution is -1.70. The van der Waals surface area contributed by atoms with Crippen LogP contribution in [0.4, 0.5) is 0 Å². The Labute approximate surface area is 71.3 Å². The third kappa shape index (κ3) is 1.77. The van der Waals surface area contributed by atoms with Gasteiger partial charge in [-0.25, -0.2) is 0 Å². The maximum absolute atomic E-state index is 3.93. The van der Waals surface area contributed by atoms with Gasteiger partial charge in [0, 0.05) is 3.58 Å². The molecule has 0 atom stereocenters. The summed E-state index contributed by atoms with van der Waals surface area (Å²) in [5.74, 6) is 0. The maximum atomic E-state index is 3.93. The summed E-state index contributed by atoms with van der Waals surface area (Å²) in [5, 5.41) is 0. The molecule has 1 heteroatoms. The van der Waals surface area contributed by atoms with Gasteiger partial charge in [-0.2, -0.15) is 0 Å². The molecule has 10 heavy (non-hydrogen) atoms. The van der Waals surface area contributed by atoms with Crippen molar-refractivity contribution in [1.82, 2.24) is 0 Å². The lowest BCUT2D eigenvalue weighted by Gasteiger charge is -1.95. The molecule has 0 heterocycles. The third-order valence-electron chi connectivity index (χ3n) is 1.25. The van der Waals surface area contributed by atoms with Crippen molar-refractivity contribution in [3.8, 4) is 0 Å². The predicted octanol–water partition coefficient (Wildman–Crippen LogP) is 3.06. The van der Waals surface area contributed by atoms with Crippen LogP contribution in [0.3, 0.4) is 0 Å². The highest BCUT2D eigenvalue weighted by Crippen LogP contribution is 2.21. The molecular weight excluding hydrogens is 235 g/mol. The molecule has 52 valence electrons. The number of benzene rings is 1. The average molecular weight is 244 g/mol. The molecule has 0 saturated heterocycles. The first-order valence-electron chi connectivity index (χ1n) is 2.97. The SMILES string of the molecule is C=IC(=C)c1ccccc1. The summed E-state index contributed by atoms with van der Waals surface area (Å²) in [6.45, 7) is 3.93. The summed E-state index contributed by atoms with van der Waals surface area (Å²) in [5.41, 5.74) is 1.24. The van der Waals surface area contributed by atoms with Crippen LogP contribution in [0, 0.1) is 0 Å². The van der Waals surface area contributed by atoms with E-state index in [1.807, 2.05) is 18.2 Å². The lowest BCUT2D eigenvalue weighted by atomic mass is 10.2. The second-order valence-electron chi connectivity index (χ2n) is 1.90. The van der Waals surface area contributed by atoms with Crippen LogP contribution in [0.1, 0.15) is 5.56 Å². The number of hydrogen-bond donors (Lipinski definition) is 0. The fraction of sp³-hybridized carbons (Fsp3) is 0. The van der Waals surface area contributed by atoms with Crippen LogP contribution >= 0.6 is 20.7 Å². The minimum absolute atomic E-state index is 0.0784. The Morgan fingerprint density at radius 2 is 1.80 bits per heavy atom. The van der Waals surface area contributed by atoms with Crippen molar-refractivity contribution >= 4 is 28.8 Å². The van der Waals surface area contributed by atoms with Gasteiger partial charge >= 0.3 is 0 Å². The summed E-state index contributed by atoms with van der Waals surface area (Å²) in [6.07, 6.45) is 0. The smallest absolute Gasteiger partial charge is 0.00722 e. The minimum atomic E-state index is -0.0784. The maximum Gasteiger partial charge on any atom is 0.00722 e. The van der Waals surface area contributed by atoms with Crippen molar-refractivity contribution in [1.29, 1.82) is 0 Å². The summed E-state index contributed by atoms with van der Waals surface area (Å²) in [6, 6.07) is 10.2. The lowest BCUT2D eigenvalue weighted by molar-refractivity contribution is 1.66. The number of rotatable bonds is 2. The van der Waals surface area contributed by atoms with Gasteiger partial charge in [0.1, 0.15) is 0 Å². The van der Waals surface area contributed by atoms with E-state index in [2.05, 4.69) is 23.2 Å². The van der Waals surface area contributed by atoms with Crippen LogP contribution in [0.25, 0.3) is 3.58 Å². The van der Waals surface area contributed by atoms with Gasteiger partial charge < -0.3 is 0 Å². The van der Waals surface area contributed by atoms with Gasteiger partial charge in [-0.1, -0.05) is 62.2 Å². The molecule has 0 aliphatic rings. The van der Waals surface area contributed by atoms with E-state index in [1.165, 1.54) is 9.14 Å². The molecule has 0 spiro atoms. The molecule has 0 N–H and O–H groups in total. The zero-order valence-corrected chi connectivity index (χ0v) is 7.84. The van der Waals surface area contributed by atoms with Crippen molar-refractivity contribution < 1.29 is 0 Å². The molecule has 0 amide bonds. The van der Waals surface area contributed by atoms with Crippen molar-refractivity contribution in [2.45, 2.75) is 0 Å². The van der Waals surface area contributed by atoms with Crippen LogP contribution in [0.2, 0.25) is 0 Å². The van der Waals surface area contributed by atoms with Crippen molar-refractivity contribution in [3.05, 3.63) is 42.5 Å². The van der Waals surface area contributed by atoms with Gasteiger partial charge in [0.05, 0.1) is 0 Å². The molecule has 0 nitrogen and oxygen atoms in total. The van der Waals surface area contributed by atoms with Crippen molar-refractivity contribution in [2.75, 3.05) is 0 Å². The first-order valence-corrected chi connectivity index (χ1v) is 5.57. The third-order valence-corrected chi connectivity index (χ3v) is 2.79. The van der Waals surface area contributed by atoms with E-state index in [9.17, 15) is 0 Å². The Kier molecular flexibility index (Phi) is 2.81. The molecule has 0 aliphatic carbocycles. The Bertz CT molecular complexity index is 236. The Hall–Kier alpha value is -0.440. The van der Waals surface area contributed by atoms with E-state index in [0.717, 1.165) is 0 Å². The molecule has 0 unspecified atom stereocenters. The number of hydrogen-bond acceptors (Lipinski definition) is 0. The zero-order valence-electron chi connectivity index (χ0n) is 5.68. The van der Waals surface area contributed by atoms with Crippen molar-refractivity contribution in [2.24, 2.45) is 0 Å². The van der Waals surface area contributed by atoms with Gasteiger partial charge in [-0.15, -0.1) is 0 Å². The van der Waals surface area contributed by atoms with Crippen molar-refractivity contribution in [3.63, 3.8) is 0 Å². The topological polar surface area (TPSA) is 0 Å². The van der Waals surface area contributed by atoms with Crippen LogP contribution in [-0.4, -0.2) is 4.51 Å². The van der Waals surface area contributed by atoms with Gasteiger partial charge in [0.15, 0.2) is 0 Å². The molecule has 0 saturated carbocycles. The molecule has 0 bridgehead atoms. The molecule has 1 rings (SSSR count). The van der Waals surface area contributed by atoms with Crippen LogP contribution in [0.15, 0.2) is 36.9 Å². The summed E-state index contributed by atoms with van der Waals surface area (Å²) in [7, 11) is 0. The van der Waals surface area contributed by atoms with Gasteiger partial charge in [-0.3, -0.25) is 0 Å².